The Kier molecular flexibility index (Phi) is 5.11. The standard InChI is InChI=1S/C20H22N4O2/c1-20(2,3)15-9-7-14(8-10-15)18(25)22-13-11-17-23-24-19(26-17)16-6-4-5-12-21-16/h4-10,12H,11,13H2,1-3H3,(H,22,25). The van der Waals surface area contributed by atoms with Crippen LogP contribution in [-0.4, -0.2) is 27.6 Å². The van der Waals surface area contributed by atoms with Gasteiger partial charge in [0.05, 0.1) is 0 Å². The summed E-state index contributed by atoms with van der Waals surface area (Å²) >= 11 is 0. The molecule has 0 atom stereocenters. The van der Waals surface area contributed by atoms with Crippen LogP contribution < -0.4 is 5.32 Å². The third kappa shape index (κ3) is 4.33. The molecule has 0 fully saturated rings. The number of benzene rings is 1. The minimum absolute atomic E-state index is 0.0677. The number of aromatic nitrogens is 3. The van der Waals surface area contributed by atoms with E-state index in [9.17, 15) is 4.79 Å². The molecule has 0 aliphatic carbocycles. The Morgan fingerprint density at radius 3 is 2.50 bits per heavy atom. The Morgan fingerprint density at radius 2 is 1.85 bits per heavy atom. The molecule has 2 heterocycles. The molecule has 0 spiro atoms. The maximum absolute atomic E-state index is 12.2. The first-order chi connectivity index (χ1) is 12.4. The number of nitrogens with zero attached hydrogens (tertiary/aromatic N) is 3. The van der Waals surface area contributed by atoms with Crippen molar-refractivity contribution >= 4 is 5.91 Å². The van der Waals surface area contributed by atoms with Gasteiger partial charge >= 0.3 is 0 Å². The van der Waals surface area contributed by atoms with E-state index in [0.717, 1.165) is 0 Å². The van der Waals surface area contributed by atoms with E-state index in [2.05, 4.69) is 41.3 Å². The van der Waals surface area contributed by atoms with Gasteiger partial charge in [0.1, 0.15) is 5.69 Å². The molecule has 1 amide bonds. The summed E-state index contributed by atoms with van der Waals surface area (Å²) < 4.78 is 5.57. The first-order valence-electron chi connectivity index (χ1n) is 8.56. The van der Waals surface area contributed by atoms with E-state index >= 15 is 0 Å². The van der Waals surface area contributed by atoms with Crippen molar-refractivity contribution in [3.63, 3.8) is 0 Å². The topological polar surface area (TPSA) is 80.9 Å². The van der Waals surface area contributed by atoms with Crippen LogP contribution in [0.15, 0.2) is 53.1 Å². The van der Waals surface area contributed by atoms with Crippen molar-refractivity contribution in [3.8, 4) is 11.6 Å². The van der Waals surface area contributed by atoms with Crippen molar-refractivity contribution in [1.82, 2.24) is 20.5 Å². The Morgan fingerprint density at radius 1 is 1.08 bits per heavy atom. The lowest BCUT2D eigenvalue weighted by molar-refractivity contribution is 0.0953. The fourth-order valence-corrected chi connectivity index (χ4v) is 2.45. The van der Waals surface area contributed by atoms with Gasteiger partial charge in [0.2, 0.25) is 5.89 Å². The average molecular weight is 350 g/mol. The van der Waals surface area contributed by atoms with Crippen LogP contribution in [-0.2, 0) is 11.8 Å². The lowest BCUT2D eigenvalue weighted by atomic mass is 9.87. The van der Waals surface area contributed by atoms with Gasteiger partial charge in [-0.15, -0.1) is 10.2 Å². The number of hydrogen-bond acceptors (Lipinski definition) is 5. The van der Waals surface area contributed by atoms with Gasteiger partial charge in [0, 0.05) is 24.7 Å². The monoisotopic (exact) mass is 350 g/mol. The quantitative estimate of drug-likeness (QED) is 0.763. The maximum Gasteiger partial charge on any atom is 0.266 e. The van der Waals surface area contributed by atoms with E-state index in [1.165, 1.54) is 5.56 Å². The molecular weight excluding hydrogens is 328 g/mol. The second kappa shape index (κ2) is 7.47. The molecule has 26 heavy (non-hydrogen) atoms. The first-order valence-corrected chi connectivity index (χ1v) is 8.56. The number of rotatable bonds is 5. The van der Waals surface area contributed by atoms with Gasteiger partial charge in [0.15, 0.2) is 0 Å². The SMILES string of the molecule is CC(C)(C)c1ccc(C(=O)NCCc2nnc(-c3ccccn3)o2)cc1. The van der Waals surface area contributed by atoms with Crippen LogP contribution in [0.25, 0.3) is 11.6 Å². The van der Waals surface area contributed by atoms with Crippen LogP contribution in [0.4, 0.5) is 0 Å². The molecule has 0 unspecified atom stereocenters. The molecule has 0 aliphatic rings. The van der Waals surface area contributed by atoms with Crippen molar-refractivity contribution in [2.45, 2.75) is 32.6 Å². The highest BCUT2D eigenvalue weighted by Gasteiger charge is 2.14. The average Bonchev–Trinajstić information content (AvgIpc) is 3.11. The van der Waals surface area contributed by atoms with E-state index in [4.69, 9.17) is 4.42 Å². The van der Waals surface area contributed by atoms with Crippen LogP contribution in [0.1, 0.15) is 42.6 Å². The third-order valence-corrected chi connectivity index (χ3v) is 3.99. The van der Waals surface area contributed by atoms with Crippen molar-refractivity contribution < 1.29 is 9.21 Å². The van der Waals surface area contributed by atoms with Crippen LogP contribution in [0.3, 0.4) is 0 Å². The minimum atomic E-state index is -0.116. The van der Waals surface area contributed by atoms with E-state index in [1.54, 1.807) is 12.3 Å². The zero-order valence-corrected chi connectivity index (χ0v) is 15.2. The van der Waals surface area contributed by atoms with E-state index in [1.807, 2.05) is 36.4 Å². The third-order valence-electron chi connectivity index (χ3n) is 3.99. The largest absolute Gasteiger partial charge is 0.419 e. The predicted molar refractivity (Wildman–Crippen MR) is 98.7 cm³/mol. The molecule has 6 heteroatoms. The van der Waals surface area contributed by atoms with Gasteiger partial charge in [-0.1, -0.05) is 39.0 Å². The lowest BCUT2D eigenvalue weighted by Gasteiger charge is -2.19. The van der Waals surface area contributed by atoms with Gasteiger partial charge in [-0.2, -0.15) is 0 Å². The lowest BCUT2D eigenvalue weighted by Crippen LogP contribution is -2.25. The second-order valence-electron chi connectivity index (χ2n) is 7.05. The normalized spacial score (nSPS) is 11.3. The molecule has 0 saturated heterocycles. The second-order valence-corrected chi connectivity index (χ2v) is 7.05. The fraction of sp³-hybridized carbons (Fsp3) is 0.300. The van der Waals surface area contributed by atoms with Crippen LogP contribution in [0.2, 0.25) is 0 Å². The van der Waals surface area contributed by atoms with Crippen molar-refractivity contribution in [1.29, 1.82) is 0 Å². The van der Waals surface area contributed by atoms with Crippen LogP contribution in [0, 0.1) is 0 Å². The molecule has 3 aromatic rings. The number of nitrogens with one attached hydrogen (secondary N) is 1. The molecule has 134 valence electrons. The summed E-state index contributed by atoms with van der Waals surface area (Å²) in [5, 5.41) is 10.8. The number of carbonyl (C=O) groups is 1. The van der Waals surface area contributed by atoms with E-state index < -0.39 is 0 Å². The van der Waals surface area contributed by atoms with E-state index in [-0.39, 0.29) is 11.3 Å². The maximum atomic E-state index is 12.2. The molecule has 1 N–H and O–H groups in total. The summed E-state index contributed by atoms with van der Waals surface area (Å²) in [4.78, 5) is 16.4. The van der Waals surface area contributed by atoms with E-state index in [0.29, 0.717) is 36.0 Å². The predicted octanol–water partition coefficient (Wildman–Crippen LogP) is 3.40. The number of pyridine rings is 1. The summed E-state index contributed by atoms with van der Waals surface area (Å²) in [6.45, 7) is 6.85. The smallest absolute Gasteiger partial charge is 0.266 e. The summed E-state index contributed by atoms with van der Waals surface area (Å²) in [7, 11) is 0. The van der Waals surface area contributed by atoms with Crippen molar-refractivity contribution in [2.24, 2.45) is 0 Å². The van der Waals surface area contributed by atoms with Gasteiger partial charge in [-0.3, -0.25) is 9.78 Å². The number of hydrogen-bond donors (Lipinski definition) is 1. The summed E-state index contributed by atoms with van der Waals surface area (Å²) in [5.74, 6) is 0.730. The highest BCUT2D eigenvalue weighted by Crippen LogP contribution is 2.22. The summed E-state index contributed by atoms with van der Waals surface area (Å²) in [6, 6.07) is 13.2. The highest BCUT2D eigenvalue weighted by molar-refractivity contribution is 5.94. The molecule has 3 rings (SSSR count). The summed E-state index contributed by atoms with van der Waals surface area (Å²) in [6.07, 6.45) is 2.13. The fourth-order valence-electron chi connectivity index (χ4n) is 2.45. The number of carbonyl (C=O) groups excluding carboxylic acids is 1. The molecule has 2 aromatic heterocycles. The molecule has 0 radical (unpaired) electrons. The molecule has 6 nitrogen and oxygen atoms in total. The Bertz CT molecular complexity index is 865. The molecular formula is C20H22N4O2. The van der Waals surface area contributed by atoms with Gasteiger partial charge in [0.25, 0.3) is 11.8 Å². The number of amides is 1. The molecule has 0 bridgehead atoms. The molecule has 1 aromatic carbocycles. The zero-order chi connectivity index (χ0) is 18.6. The summed E-state index contributed by atoms with van der Waals surface area (Å²) in [5.41, 5.74) is 2.53. The van der Waals surface area contributed by atoms with Crippen molar-refractivity contribution in [3.05, 3.63) is 65.7 Å². The highest BCUT2D eigenvalue weighted by atomic mass is 16.4. The van der Waals surface area contributed by atoms with Gasteiger partial charge < -0.3 is 9.73 Å². The zero-order valence-electron chi connectivity index (χ0n) is 15.2. The van der Waals surface area contributed by atoms with Crippen molar-refractivity contribution in [2.75, 3.05) is 6.54 Å². The molecule has 0 aliphatic heterocycles. The first kappa shape index (κ1) is 17.8. The van der Waals surface area contributed by atoms with Crippen LogP contribution >= 0.6 is 0 Å². The Balaban J connectivity index is 1.53. The Hall–Kier alpha value is -3.02. The molecule has 0 saturated carbocycles. The Labute approximate surface area is 152 Å². The van der Waals surface area contributed by atoms with Gasteiger partial charge in [-0.05, 0) is 35.2 Å². The minimum Gasteiger partial charge on any atom is -0.419 e. The van der Waals surface area contributed by atoms with Gasteiger partial charge in [-0.25, -0.2) is 0 Å². The van der Waals surface area contributed by atoms with Crippen LogP contribution in [0.5, 0.6) is 0 Å².